The Bertz CT molecular complexity index is 768. The molecule has 10 heteroatoms. The van der Waals surface area contributed by atoms with E-state index in [9.17, 15) is 18.0 Å². The van der Waals surface area contributed by atoms with Crippen LogP contribution in [0.4, 0.5) is 13.2 Å². The molecule has 154 valence electrons. The molecule has 1 aromatic rings. The smallest absolute Gasteiger partial charge is 0.475 e. The van der Waals surface area contributed by atoms with Crippen LogP contribution in [0.2, 0.25) is 0 Å². The van der Waals surface area contributed by atoms with E-state index in [2.05, 4.69) is 17.1 Å². The molecule has 0 unspecified atom stereocenters. The van der Waals surface area contributed by atoms with Crippen molar-refractivity contribution in [2.45, 2.75) is 31.9 Å². The van der Waals surface area contributed by atoms with E-state index in [-0.39, 0.29) is 12.1 Å². The molecule has 0 bridgehead atoms. The van der Waals surface area contributed by atoms with Crippen LogP contribution in [-0.4, -0.2) is 66.9 Å². The van der Waals surface area contributed by atoms with E-state index in [1.54, 1.807) is 0 Å². The summed E-state index contributed by atoms with van der Waals surface area (Å²) in [5.41, 5.74) is 4.09. The number of carbonyl (C=O) groups is 2. The SMILES string of the molecule is Cc1c([C@@H]2CN3CCNC[C@H]3CO2)ccc2c1COC2=O.O=C(O)C(F)(F)F. The van der Waals surface area contributed by atoms with E-state index in [0.717, 1.165) is 43.9 Å². The maximum absolute atomic E-state index is 11.6. The number of esters is 1. The van der Waals surface area contributed by atoms with Crippen LogP contribution in [0, 0.1) is 6.92 Å². The highest BCUT2D eigenvalue weighted by atomic mass is 19.4. The van der Waals surface area contributed by atoms with E-state index in [4.69, 9.17) is 19.4 Å². The second kappa shape index (κ2) is 8.06. The molecule has 2 N–H and O–H groups in total. The first kappa shape index (κ1) is 20.6. The summed E-state index contributed by atoms with van der Waals surface area (Å²) in [5, 5.41) is 10.5. The van der Waals surface area contributed by atoms with Crippen molar-refractivity contribution in [2.75, 3.05) is 32.8 Å². The number of nitrogens with zero attached hydrogens (tertiary/aromatic N) is 1. The first-order valence-corrected chi connectivity index (χ1v) is 8.84. The van der Waals surface area contributed by atoms with Crippen molar-refractivity contribution in [1.82, 2.24) is 10.2 Å². The van der Waals surface area contributed by atoms with Gasteiger partial charge in [-0.1, -0.05) is 6.07 Å². The number of carbonyl (C=O) groups excluding carboxylic acids is 1. The van der Waals surface area contributed by atoms with Gasteiger partial charge in [0.2, 0.25) is 0 Å². The van der Waals surface area contributed by atoms with Crippen LogP contribution in [-0.2, 0) is 20.9 Å². The summed E-state index contributed by atoms with van der Waals surface area (Å²) in [7, 11) is 0. The molecule has 0 aromatic heterocycles. The summed E-state index contributed by atoms with van der Waals surface area (Å²) in [6.07, 6.45) is -4.99. The molecule has 2 saturated heterocycles. The Hall–Kier alpha value is -2.17. The van der Waals surface area contributed by atoms with Gasteiger partial charge in [-0.2, -0.15) is 13.2 Å². The zero-order valence-electron chi connectivity index (χ0n) is 15.2. The largest absolute Gasteiger partial charge is 0.490 e. The van der Waals surface area contributed by atoms with Gasteiger partial charge in [0.1, 0.15) is 6.61 Å². The molecule has 3 aliphatic rings. The maximum atomic E-state index is 11.6. The molecule has 4 rings (SSSR count). The molecule has 1 aromatic carbocycles. The molecule has 2 fully saturated rings. The number of halogens is 3. The Morgan fingerprint density at radius 1 is 1.36 bits per heavy atom. The Morgan fingerprint density at radius 3 is 2.75 bits per heavy atom. The summed E-state index contributed by atoms with van der Waals surface area (Å²) in [4.78, 5) is 23.0. The predicted octanol–water partition coefficient (Wildman–Crippen LogP) is 1.64. The Balaban J connectivity index is 0.000000279. The molecule has 0 aliphatic carbocycles. The summed E-state index contributed by atoms with van der Waals surface area (Å²) in [6, 6.07) is 4.42. The summed E-state index contributed by atoms with van der Waals surface area (Å²) in [5.74, 6) is -2.96. The molecule has 28 heavy (non-hydrogen) atoms. The molecule has 0 radical (unpaired) electrons. The minimum Gasteiger partial charge on any atom is -0.475 e. The van der Waals surface area contributed by atoms with E-state index < -0.39 is 12.1 Å². The third-order valence-corrected chi connectivity index (χ3v) is 5.16. The quantitative estimate of drug-likeness (QED) is 0.691. The number of carboxylic acid groups (broad SMARTS) is 1. The number of benzene rings is 1. The predicted molar refractivity (Wildman–Crippen MR) is 90.9 cm³/mol. The highest BCUT2D eigenvalue weighted by Crippen LogP contribution is 2.33. The van der Waals surface area contributed by atoms with Crippen molar-refractivity contribution < 1.29 is 37.3 Å². The zero-order valence-corrected chi connectivity index (χ0v) is 15.2. The number of hydrogen-bond acceptors (Lipinski definition) is 6. The lowest BCUT2D eigenvalue weighted by atomic mass is 9.94. The summed E-state index contributed by atoms with van der Waals surface area (Å²) >= 11 is 0. The Kier molecular flexibility index (Phi) is 5.92. The minimum absolute atomic E-state index is 0.0975. The van der Waals surface area contributed by atoms with Crippen LogP contribution in [0.25, 0.3) is 0 Å². The van der Waals surface area contributed by atoms with Crippen molar-refractivity contribution in [2.24, 2.45) is 0 Å². The molecule has 0 spiro atoms. The number of carboxylic acids is 1. The Morgan fingerprint density at radius 2 is 2.07 bits per heavy atom. The lowest BCUT2D eigenvalue weighted by Gasteiger charge is -2.43. The monoisotopic (exact) mass is 402 g/mol. The average molecular weight is 402 g/mol. The first-order chi connectivity index (χ1) is 13.2. The van der Waals surface area contributed by atoms with Crippen molar-refractivity contribution in [3.8, 4) is 0 Å². The van der Waals surface area contributed by atoms with Gasteiger partial charge in [0.05, 0.1) is 18.3 Å². The van der Waals surface area contributed by atoms with Crippen molar-refractivity contribution in [1.29, 1.82) is 0 Å². The second-order valence-electron chi connectivity index (χ2n) is 6.86. The average Bonchev–Trinajstić information content (AvgIpc) is 3.03. The van der Waals surface area contributed by atoms with Crippen LogP contribution in [0.3, 0.4) is 0 Å². The van der Waals surface area contributed by atoms with Gasteiger partial charge in [-0.25, -0.2) is 9.59 Å². The third kappa shape index (κ3) is 4.29. The third-order valence-electron chi connectivity index (χ3n) is 5.16. The number of ether oxygens (including phenoxy) is 2. The highest BCUT2D eigenvalue weighted by molar-refractivity contribution is 5.93. The molecule has 7 nitrogen and oxygen atoms in total. The van der Waals surface area contributed by atoms with Crippen LogP contribution in [0.15, 0.2) is 12.1 Å². The molecular weight excluding hydrogens is 381 g/mol. The molecule has 0 saturated carbocycles. The van der Waals surface area contributed by atoms with E-state index >= 15 is 0 Å². The minimum atomic E-state index is -5.08. The molecule has 2 atom stereocenters. The second-order valence-corrected chi connectivity index (χ2v) is 6.86. The molecule has 3 aliphatic heterocycles. The van der Waals surface area contributed by atoms with Gasteiger partial charge in [-0.05, 0) is 24.1 Å². The zero-order chi connectivity index (χ0) is 20.5. The van der Waals surface area contributed by atoms with E-state index in [1.165, 1.54) is 5.56 Å². The Labute approximate surface area is 159 Å². The lowest BCUT2D eigenvalue weighted by molar-refractivity contribution is -0.192. The van der Waals surface area contributed by atoms with Crippen LogP contribution < -0.4 is 5.32 Å². The number of cyclic esters (lactones) is 1. The highest BCUT2D eigenvalue weighted by Gasteiger charge is 2.38. The number of hydrogen-bond donors (Lipinski definition) is 2. The summed E-state index contributed by atoms with van der Waals surface area (Å²) in [6.45, 7) is 7.31. The summed E-state index contributed by atoms with van der Waals surface area (Å²) < 4.78 is 43.0. The topological polar surface area (TPSA) is 88.1 Å². The van der Waals surface area contributed by atoms with Crippen LogP contribution in [0.1, 0.15) is 33.2 Å². The van der Waals surface area contributed by atoms with Gasteiger partial charge >= 0.3 is 18.1 Å². The fraction of sp³-hybridized carbons (Fsp3) is 0.556. The first-order valence-electron chi connectivity index (χ1n) is 8.84. The van der Waals surface area contributed by atoms with E-state index in [1.807, 2.05) is 12.1 Å². The van der Waals surface area contributed by atoms with Gasteiger partial charge in [-0.15, -0.1) is 0 Å². The fourth-order valence-electron chi connectivity index (χ4n) is 3.61. The van der Waals surface area contributed by atoms with Crippen LogP contribution in [0.5, 0.6) is 0 Å². The molecular formula is C18H21F3N2O5. The number of piperazine rings is 1. The van der Waals surface area contributed by atoms with Crippen molar-refractivity contribution in [3.63, 3.8) is 0 Å². The number of morpholine rings is 1. The lowest BCUT2D eigenvalue weighted by Crippen LogP contribution is -2.57. The normalized spacial score (nSPS) is 24.5. The number of rotatable bonds is 1. The van der Waals surface area contributed by atoms with E-state index in [0.29, 0.717) is 18.2 Å². The van der Waals surface area contributed by atoms with Gasteiger partial charge in [0.25, 0.3) is 0 Å². The number of alkyl halides is 3. The molecule has 0 amide bonds. The van der Waals surface area contributed by atoms with Gasteiger partial charge in [0, 0.05) is 37.8 Å². The number of nitrogens with one attached hydrogen (secondary N) is 1. The van der Waals surface area contributed by atoms with Gasteiger partial charge in [0.15, 0.2) is 0 Å². The fourth-order valence-corrected chi connectivity index (χ4v) is 3.61. The van der Waals surface area contributed by atoms with Crippen LogP contribution >= 0.6 is 0 Å². The molecule has 3 heterocycles. The van der Waals surface area contributed by atoms with Gasteiger partial charge in [-0.3, -0.25) is 4.90 Å². The standard InChI is InChI=1S/C16H20N2O3.C2HF3O2/c1-10-12(2-3-13-14(10)9-21-16(13)19)15-7-18-5-4-17-6-11(18)8-20-15;3-2(4,5)1(6)7/h2-3,11,15,17H,4-9H2,1H3;(H,6,7)/t11-,15-;/m0./s1. The van der Waals surface area contributed by atoms with Crippen molar-refractivity contribution >= 4 is 11.9 Å². The number of fused-ring (bicyclic) bond motifs is 2. The van der Waals surface area contributed by atoms with Gasteiger partial charge < -0.3 is 19.9 Å². The number of aliphatic carboxylic acids is 1. The maximum Gasteiger partial charge on any atom is 0.490 e. The van der Waals surface area contributed by atoms with Crippen molar-refractivity contribution in [3.05, 3.63) is 34.4 Å².